The highest BCUT2D eigenvalue weighted by atomic mass is 35.5. The Labute approximate surface area is 132 Å². The van der Waals surface area contributed by atoms with Gasteiger partial charge in [-0.1, -0.05) is 30.2 Å². The van der Waals surface area contributed by atoms with E-state index in [-0.39, 0.29) is 0 Å². The predicted molar refractivity (Wildman–Crippen MR) is 88.4 cm³/mol. The number of nitriles is 1. The van der Waals surface area contributed by atoms with Crippen molar-refractivity contribution < 1.29 is 0 Å². The maximum Gasteiger partial charge on any atom is 0.211 e. The highest BCUT2D eigenvalue weighted by molar-refractivity contribution is 6.30. The molecule has 1 rings (SSSR count). The molecule has 0 aliphatic rings. The van der Waals surface area contributed by atoms with E-state index in [1.165, 1.54) is 5.56 Å². The van der Waals surface area contributed by atoms with Gasteiger partial charge in [0.15, 0.2) is 0 Å². The molecule has 0 saturated heterocycles. The third-order valence-electron chi connectivity index (χ3n) is 3.24. The van der Waals surface area contributed by atoms with Crippen molar-refractivity contribution in [2.75, 3.05) is 27.7 Å². The van der Waals surface area contributed by atoms with Gasteiger partial charge in [0.1, 0.15) is 0 Å². The molecule has 0 bridgehead atoms. The maximum atomic E-state index is 8.69. The first kappa shape index (κ1) is 17.3. The van der Waals surface area contributed by atoms with Crippen molar-refractivity contribution in [3.63, 3.8) is 0 Å². The van der Waals surface area contributed by atoms with Gasteiger partial charge < -0.3 is 9.80 Å². The van der Waals surface area contributed by atoms with Crippen molar-refractivity contribution in [1.82, 2.24) is 9.80 Å². The smallest absolute Gasteiger partial charge is 0.211 e. The second-order valence-corrected chi connectivity index (χ2v) is 5.70. The van der Waals surface area contributed by atoms with Crippen LogP contribution in [0.1, 0.15) is 24.8 Å². The number of hydrogen-bond acceptors (Lipinski definition) is 2. The van der Waals surface area contributed by atoms with Crippen molar-refractivity contribution in [2.24, 2.45) is 4.99 Å². The maximum absolute atomic E-state index is 8.69. The van der Waals surface area contributed by atoms with Crippen LogP contribution in [0.4, 0.5) is 0 Å². The molecule has 0 heterocycles. The first-order valence-corrected chi connectivity index (χ1v) is 7.52. The van der Waals surface area contributed by atoms with Crippen LogP contribution in [0.25, 0.3) is 0 Å². The van der Waals surface area contributed by atoms with Gasteiger partial charge in [-0.25, -0.2) is 0 Å². The highest BCUT2D eigenvalue weighted by Gasteiger charge is 2.08. The molecule has 0 unspecified atom stereocenters. The molecule has 114 valence electrons. The molecule has 0 aliphatic heterocycles. The van der Waals surface area contributed by atoms with Crippen LogP contribution >= 0.6 is 11.6 Å². The summed E-state index contributed by atoms with van der Waals surface area (Å²) in [6.07, 6.45) is 6.26. The molecule has 1 aromatic rings. The van der Waals surface area contributed by atoms with Gasteiger partial charge in [-0.15, -0.1) is 4.99 Å². The van der Waals surface area contributed by atoms with E-state index in [1.54, 1.807) is 0 Å². The predicted octanol–water partition coefficient (Wildman–Crippen LogP) is 3.38. The van der Waals surface area contributed by atoms with Crippen LogP contribution in [-0.2, 0) is 6.42 Å². The average molecular weight is 307 g/mol. The standard InChI is InChI=1S/C16H23ClN4/c1-20(2)16(19-13-18)21(3)11-6-4-5-8-14-9-7-10-15(17)12-14/h7,9-10,12H,4-6,8,11H2,1-3H3. The number of nitrogens with zero attached hydrogens (tertiary/aromatic N) is 4. The van der Waals surface area contributed by atoms with Crippen molar-refractivity contribution in [1.29, 1.82) is 5.26 Å². The van der Waals surface area contributed by atoms with Gasteiger partial charge in [-0.2, -0.15) is 5.26 Å². The molecular weight excluding hydrogens is 284 g/mol. The van der Waals surface area contributed by atoms with Crippen LogP contribution in [0.3, 0.4) is 0 Å². The lowest BCUT2D eigenvalue weighted by Gasteiger charge is -2.25. The Morgan fingerprint density at radius 1 is 1.24 bits per heavy atom. The number of aliphatic imine (C=N–C) groups is 1. The van der Waals surface area contributed by atoms with Gasteiger partial charge in [0, 0.05) is 32.7 Å². The summed E-state index contributed by atoms with van der Waals surface area (Å²) in [6.45, 7) is 0.897. The molecule has 1 aromatic carbocycles. The molecule has 0 N–H and O–H groups in total. The summed E-state index contributed by atoms with van der Waals surface area (Å²) in [5, 5.41) is 9.49. The Kier molecular flexibility index (Phi) is 7.63. The van der Waals surface area contributed by atoms with E-state index in [0.717, 1.165) is 37.3 Å². The van der Waals surface area contributed by atoms with E-state index in [2.05, 4.69) is 11.1 Å². The summed E-state index contributed by atoms with van der Waals surface area (Å²) in [5.74, 6) is 0.701. The fraction of sp³-hybridized carbons (Fsp3) is 0.500. The fourth-order valence-electron chi connectivity index (χ4n) is 2.22. The van der Waals surface area contributed by atoms with Crippen molar-refractivity contribution >= 4 is 17.6 Å². The van der Waals surface area contributed by atoms with E-state index in [9.17, 15) is 0 Å². The molecule has 0 amide bonds. The number of halogens is 1. The molecule has 0 aromatic heterocycles. The molecule has 4 nitrogen and oxygen atoms in total. The molecule has 0 atom stereocenters. The van der Waals surface area contributed by atoms with E-state index >= 15 is 0 Å². The summed E-state index contributed by atoms with van der Waals surface area (Å²) in [6, 6.07) is 8.03. The average Bonchev–Trinajstić information content (AvgIpc) is 2.44. The van der Waals surface area contributed by atoms with Gasteiger partial charge in [0.05, 0.1) is 0 Å². The first-order chi connectivity index (χ1) is 10.0. The Hall–Kier alpha value is -1.73. The number of aryl methyl sites for hydroxylation is 1. The van der Waals surface area contributed by atoms with Gasteiger partial charge >= 0.3 is 0 Å². The van der Waals surface area contributed by atoms with Gasteiger partial charge in [-0.05, 0) is 37.0 Å². The fourth-order valence-corrected chi connectivity index (χ4v) is 2.43. The van der Waals surface area contributed by atoms with Crippen molar-refractivity contribution in [3.8, 4) is 6.19 Å². The van der Waals surface area contributed by atoms with E-state index in [1.807, 2.05) is 55.3 Å². The molecule has 21 heavy (non-hydrogen) atoms. The zero-order valence-corrected chi connectivity index (χ0v) is 13.8. The zero-order valence-electron chi connectivity index (χ0n) is 13.0. The molecule has 0 spiro atoms. The minimum Gasteiger partial charge on any atom is -0.348 e. The lowest BCUT2D eigenvalue weighted by molar-refractivity contribution is 0.410. The normalized spacial score (nSPS) is 11.1. The SMILES string of the molecule is CN(C)C(=NC#N)N(C)CCCCCc1cccc(Cl)c1. The lowest BCUT2D eigenvalue weighted by Crippen LogP contribution is -2.38. The molecule has 0 saturated carbocycles. The van der Waals surface area contributed by atoms with E-state index < -0.39 is 0 Å². The summed E-state index contributed by atoms with van der Waals surface area (Å²) in [4.78, 5) is 7.71. The topological polar surface area (TPSA) is 42.6 Å². The molecule has 0 radical (unpaired) electrons. The minimum absolute atomic E-state index is 0.701. The first-order valence-electron chi connectivity index (χ1n) is 7.14. The molecular formula is C16H23ClN4. The molecule has 0 aliphatic carbocycles. The van der Waals surface area contributed by atoms with E-state index in [4.69, 9.17) is 16.9 Å². The summed E-state index contributed by atoms with van der Waals surface area (Å²) in [7, 11) is 5.75. The third-order valence-corrected chi connectivity index (χ3v) is 3.47. The summed E-state index contributed by atoms with van der Waals surface area (Å²) >= 11 is 5.97. The van der Waals surface area contributed by atoms with Crippen LogP contribution in [-0.4, -0.2) is 43.4 Å². The van der Waals surface area contributed by atoms with Crippen LogP contribution < -0.4 is 0 Å². The minimum atomic E-state index is 0.701. The van der Waals surface area contributed by atoms with Crippen LogP contribution in [0.5, 0.6) is 0 Å². The molecule has 5 heteroatoms. The number of unbranched alkanes of at least 4 members (excludes halogenated alkanes) is 2. The second kappa shape index (κ2) is 9.25. The lowest BCUT2D eigenvalue weighted by atomic mass is 10.1. The van der Waals surface area contributed by atoms with Crippen LogP contribution in [0.2, 0.25) is 5.02 Å². The Morgan fingerprint density at radius 3 is 2.62 bits per heavy atom. The monoisotopic (exact) mass is 306 g/mol. The van der Waals surface area contributed by atoms with Crippen LogP contribution in [0.15, 0.2) is 29.3 Å². The highest BCUT2D eigenvalue weighted by Crippen LogP contribution is 2.13. The second-order valence-electron chi connectivity index (χ2n) is 5.27. The Balaban J connectivity index is 2.28. The largest absolute Gasteiger partial charge is 0.348 e. The molecule has 0 fully saturated rings. The number of rotatable bonds is 6. The van der Waals surface area contributed by atoms with Crippen molar-refractivity contribution in [2.45, 2.75) is 25.7 Å². The quantitative estimate of drug-likeness (QED) is 0.350. The van der Waals surface area contributed by atoms with E-state index in [0.29, 0.717) is 5.96 Å². The van der Waals surface area contributed by atoms with Gasteiger partial charge in [0.2, 0.25) is 12.2 Å². The third kappa shape index (κ3) is 6.50. The number of guanidine groups is 1. The number of hydrogen-bond donors (Lipinski definition) is 0. The van der Waals surface area contributed by atoms with Gasteiger partial charge in [-0.3, -0.25) is 0 Å². The number of benzene rings is 1. The van der Waals surface area contributed by atoms with Gasteiger partial charge in [0.25, 0.3) is 0 Å². The summed E-state index contributed by atoms with van der Waals surface area (Å²) in [5.41, 5.74) is 1.29. The van der Waals surface area contributed by atoms with Crippen molar-refractivity contribution in [3.05, 3.63) is 34.9 Å². The Bertz CT molecular complexity index is 505. The van der Waals surface area contributed by atoms with Crippen LogP contribution in [0, 0.1) is 11.5 Å². The Morgan fingerprint density at radius 2 is 2.00 bits per heavy atom. The zero-order chi connectivity index (χ0) is 15.7. The summed E-state index contributed by atoms with van der Waals surface area (Å²) < 4.78 is 0.